The first-order valence-corrected chi connectivity index (χ1v) is 6.33. The van der Waals surface area contributed by atoms with Crippen molar-refractivity contribution < 1.29 is 10.0 Å². The van der Waals surface area contributed by atoms with Gasteiger partial charge in [-0.15, -0.1) is 0 Å². The number of amides is 1. The molecule has 1 saturated carbocycles. The van der Waals surface area contributed by atoms with E-state index in [2.05, 4.69) is 15.5 Å². The summed E-state index contributed by atoms with van der Waals surface area (Å²) in [6.07, 6.45) is 7.41. The number of nitrogens with zero attached hydrogens (tertiary/aromatic N) is 3. The van der Waals surface area contributed by atoms with Gasteiger partial charge in [-0.1, -0.05) is 11.6 Å². The maximum Gasteiger partial charge on any atom is 0.234 e. The van der Waals surface area contributed by atoms with Crippen molar-refractivity contribution in [2.24, 2.45) is 16.3 Å². The van der Waals surface area contributed by atoms with E-state index < -0.39 is 5.41 Å². The zero-order valence-electron chi connectivity index (χ0n) is 10.9. The molecule has 4 N–H and O–H groups in total. The van der Waals surface area contributed by atoms with Crippen LogP contribution in [0.5, 0.6) is 0 Å². The lowest BCUT2D eigenvalue weighted by Gasteiger charge is -2.39. The second-order valence-electron chi connectivity index (χ2n) is 5.05. The van der Waals surface area contributed by atoms with Gasteiger partial charge in [0.2, 0.25) is 5.91 Å². The zero-order chi connectivity index (χ0) is 13.9. The molecule has 104 valence electrons. The predicted molar refractivity (Wildman–Crippen MR) is 69.5 cm³/mol. The number of nitrogens with two attached hydrogens (primary N) is 1. The molecule has 2 rings (SSSR count). The van der Waals surface area contributed by atoms with Gasteiger partial charge in [-0.25, -0.2) is 4.98 Å². The summed E-state index contributed by atoms with van der Waals surface area (Å²) >= 11 is 0. The average Bonchev–Trinajstić information content (AvgIpc) is 2.79. The van der Waals surface area contributed by atoms with Crippen LogP contribution in [-0.2, 0) is 11.3 Å². The summed E-state index contributed by atoms with van der Waals surface area (Å²) in [5.74, 6) is -0.159. The number of oxime groups is 1. The monoisotopic (exact) mass is 265 g/mol. The van der Waals surface area contributed by atoms with Crippen molar-refractivity contribution in [3.05, 3.63) is 18.7 Å². The number of rotatable bonds is 5. The Morgan fingerprint density at radius 2 is 2.42 bits per heavy atom. The lowest BCUT2D eigenvalue weighted by atomic mass is 9.67. The van der Waals surface area contributed by atoms with Crippen LogP contribution in [0.1, 0.15) is 26.2 Å². The molecule has 1 unspecified atom stereocenters. The van der Waals surface area contributed by atoms with E-state index >= 15 is 0 Å². The van der Waals surface area contributed by atoms with E-state index in [1.54, 1.807) is 12.5 Å². The average molecular weight is 265 g/mol. The third kappa shape index (κ3) is 2.54. The van der Waals surface area contributed by atoms with Crippen LogP contribution in [-0.4, -0.2) is 32.5 Å². The van der Waals surface area contributed by atoms with Gasteiger partial charge < -0.3 is 20.8 Å². The molecule has 1 aliphatic rings. The van der Waals surface area contributed by atoms with E-state index in [0.29, 0.717) is 19.4 Å². The van der Waals surface area contributed by atoms with Crippen molar-refractivity contribution in [1.82, 2.24) is 14.9 Å². The van der Waals surface area contributed by atoms with E-state index in [9.17, 15) is 4.79 Å². The van der Waals surface area contributed by atoms with Gasteiger partial charge in [-0.05, 0) is 19.8 Å². The third-order valence-electron chi connectivity index (χ3n) is 3.66. The molecular weight excluding hydrogens is 246 g/mol. The van der Waals surface area contributed by atoms with Crippen LogP contribution in [0.15, 0.2) is 23.9 Å². The smallest absolute Gasteiger partial charge is 0.234 e. The topological polar surface area (TPSA) is 106 Å². The molecule has 7 nitrogen and oxygen atoms in total. The molecule has 1 aromatic heterocycles. The number of hydrogen-bond acceptors (Lipinski definition) is 4. The van der Waals surface area contributed by atoms with Crippen LogP contribution in [0, 0.1) is 5.41 Å². The van der Waals surface area contributed by atoms with Gasteiger partial charge in [0.15, 0.2) is 5.84 Å². The molecule has 1 heterocycles. The fraction of sp³-hybridized carbons (Fsp3) is 0.583. The van der Waals surface area contributed by atoms with E-state index in [0.717, 1.165) is 6.42 Å². The van der Waals surface area contributed by atoms with E-state index in [-0.39, 0.29) is 17.8 Å². The number of aromatic nitrogens is 2. The third-order valence-corrected chi connectivity index (χ3v) is 3.66. The Morgan fingerprint density at radius 1 is 1.68 bits per heavy atom. The summed E-state index contributed by atoms with van der Waals surface area (Å²) in [4.78, 5) is 16.2. The fourth-order valence-corrected chi connectivity index (χ4v) is 2.34. The molecule has 1 fully saturated rings. The van der Waals surface area contributed by atoms with Crippen LogP contribution in [0.25, 0.3) is 0 Å². The van der Waals surface area contributed by atoms with Crippen LogP contribution >= 0.6 is 0 Å². The molecule has 0 aromatic carbocycles. The van der Waals surface area contributed by atoms with Crippen LogP contribution in [0.3, 0.4) is 0 Å². The maximum atomic E-state index is 12.3. The number of carbonyl (C=O) groups is 1. The van der Waals surface area contributed by atoms with Crippen molar-refractivity contribution in [3.8, 4) is 0 Å². The van der Waals surface area contributed by atoms with Gasteiger partial charge in [-0.2, -0.15) is 0 Å². The second kappa shape index (κ2) is 5.29. The maximum absolute atomic E-state index is 12.3. The molecule has 1 atom stereocenters. The molecule has 7 heteroatoms. The van der Waals surface area contributed by atoms with Gasteiger partial charge in [-0.3, -0.25) is 4.79 Å². The summed E-state index contributed by atoms with van der Waals surface area (Å²) in [5, 5.41) is 14.7. The lowest BCUT2D eigenvalue weighted by molar-refractivity contribution is -0.131. The van der Waals surface area contributed by atoms with E-state index in [1.165, 1.54) is 0 Å². The summed E-state index contributed by atoms with van der Waals surface area (Å²) < 4.78 is 1.89. The molecule has 19 heavy (non-hydrogen) atoms. The highest BCUT2D eigenvalue weighted by atomic mass is 16.4. The van der Waals surface area contributed by atoms with Gasteiger partial charge in [0.05, 0.1) is 6.33 Å². The molecule has 1 amide bonds. The van der Waals surface area contributed by atoms with Gasteiger partial charge in [0.1, 0.15) is 5.41 Å². The van der Waals surface area contributed by atoms with Crippen molar-refractivity contribution in [2.75, 3.05) is 0 Å². The molecule has 1 aliphatic carbocycles. The minimum atomic E-state index is -0.821. The van der Waals surface area contributed by atoms with Crippen molar-refractivity contribution in [2.45, 2.75) is 38.8 Å². The summed E-state index contributed by atoms with van der Waals surface area (Å²) in [6, 6.07) is -0.0503. The predicted octanol–water partition coefficient (Wildman–Crippen LogP) is 0.305. The molecule has 0 aliphatic heterocycles. The quantitative estimate of drug-likeness (QED) is 0.308. The van der Waals surface area contributed by atoms with Crippen molar-refractivity contribution >= 4 is 11.7 Å². The molecule has 0 radical (unpaired) electrons. The number of amidine groups is 1. The van der Waals surface area contributed by atoms with E-state index in [4.69, 9.17) is 10.9 Å². The molecule has 0 saturated heterocycles. The number of nitrogens with one attached hydrogen (secondary N) is 1. The Kier molecular flexibility index (Phi) is 3.73. The minimum absolute atomic E-state index is 0.00563. The molecule has 0 bridgehead atoms. The summed E-state index contributed by atoms with van der Waals surface area (Å²) in [5.41, 5.74) is 4.83. The van der Waals surface area contributed by atoms with Crippen molar-refractivity contribution in [1.29, 1.82) is 0 Å². The molecule has 1 aromatic rings. The lowest BCUT2D eigenvalue weighted by Crippen LogP contribution is -2.56. The largest absolute Gasteiger partial charge is 0.409 e. The van der Waals surface area contributed by atoms with Crippen LogP contribution < -0.4 is 11.1 Å². The Bertz CT molecular complexity index is 464. The second-order valence-corrected chi connectivity index (χ2v) is 5.05. The van der Waals surface area contributed by atoms with Crippen LogP contribution in [0.4, 0.5) is 0 Å². The normalized spacial score (nSPS) is 19.5. The first-order valence-electron chi connectivity index (χ1n) is 6.33. The highest BCUT2D eigenvalue weighted by Crippen LogP contribution is 2.41. The fourth-order valence-electron chi connectivity index (χ4n) is 2.34. The molecule has 0 spiro atoms. The highest BCUT2D eigenvalue weighted by molar-refractivity contribution is 6.07. The Hall–Kier alpha value is -2.05. The molecular formula is C12H19N5O2. The van der Waals surface area contributed by atoms with Gasteiger partial charge >= 0.3 is 0 Å². The SMILES string of the molecule is CC(Cn1ccnc1)NC(=O)C1(/C(N)=N/O)CCC1. The first-order chi connectivity index (χ1) is 9.08. The number of imidazole rings is 1. The van der Waals surface area contributed by atoms with Gasteiger partial charge in [0, 0.05) is 25.0 Å². The first kappa shape index (κ1) is 13.4. The zero-order valence-corrected chi connectivity index (χ0v) is 10.9. The number of hydrogen-bond donors (Lipinski definition) is 3. The Balaban J connectivity index is 1.96. The van der Waals surface area contributed by atoms with Crippen molar-refractivity contribution in [3.63, 3.8) is 0 Å². The standard InChI is InChI=1S/C12H19N5O2/c1-9(7-17-6-5-14-8-17)15-11(18)12(3-2-4-12)10(13)16-19/h5-6,8-9,19H,2-4,7H2,1H3,(H2,13,16)(H,15,18). The highest BCUT2D eigenvalue weighted by Gasteiger charge is 2.48. The van der Waals surface area contributed by atoms with Crippen LogP contribution in [0.2, 0.25) is 0 Å². The Morgan fingerprint density at radius 3 is 2.89 bits per heavy atom. The van der Waals surface area contributed by atoms with E-state index in [1.807, 2.05) is 17.7 Å². The van der Waals surface area contributed by atoms with Gasteiger partial charge in [0.25, 0.3) is 0 Å². The summed E-state index contributed by atoms with van der Waals surface area (Å²) in [6.45, 7) is 2.55. The number of carbonyl (C=O) groups excluding carboxylic acids is 1. The minimum Gasteiger partial charge on any atom is -0.409 e. The summed E-state index contributed by atoms with van der Waals surface area (Å²) in [7, 11) is 0. The Labute approximate surface area is 111 Å².